The zero-order valence-corrected chi connectivity index (χ0v) is 32.7. The molecule has 292 valence electrons. The highest BCUT2D eigenvalue weighted by Gasteiger charge is 2.54. The highest BCUT2D eigenvalue weighted by molar-refractivity contribution is 6.03. The van der Waals surface area contributed by atoms with Crippen molar-refractivity contribution in [1.82, 2.24) is 20.4 Å². The van der Waals surface area contributed by atoms with Gasteiger partial charge < -0.3 is 10.6 Å². The fourth-order valence-corrected chi connectivity index (χ4v) is 9.91. The van der Waals surface area contributed by atoms with E-state index in [9.17, 15) is 33.3 Å². The van der Waals surface area contributed by atoms with Crippen LogP contribution in [0.2, 0.25) is 0 Å². The molecule has 4 heterocycles. The van der Waals surface area contributed by atoms with Crippen LogP contribution in [-0.2, 0) is 20.4 Å². The number of alkyl halides is 2. The van der Waals surface area contributed by atoms with E-state index in [0.717, 1.165) is 22.5 Å². The van der Waals surface area contributed by atoms with E-state index in [4.69, 9.17) is 0 Å². The summed E-state index contributed by atoms with van der Waals surface area (Å²) >= 11 is 0. The molecule has 0 saturated heterocycles. The van der Waals surface area contributed by atoms with Gasteiger partial charge in [-0.2, -0.15) is 25.1 Å². The summed E-state index contributed by atoms with van der Waals surface area (Å²) in [6.07, 6.45) is 1.70. The Labute approximate surface area is 328 Å². The molecule has 1 fully saturated rings. The minimum atomic E-state index is -2.67. The monoisotopic (exact) mass is 772 g/mol. The van der Waals surface area contributed by atoms with Crippen molar-refractivity contribution in [2.24, 2.45) is 10.8 Å². The lowest BCUT2D eigenvalue weighted by atomic mass is 9.60. The van der Waals surface area contributed by atoms with E-state index in [1.165, 1.54) is 0 Å². The van der Waals surface area contributed by atoms with E-state index in [2.05, 4.69) is 57.0 Å². The highest BCUT2D eigenvalue weighted by atomic mass is 19.3. The number of aromatic amines is 2. The number of fused-ring (bicyclic) bond motifs is 2. The number of benzene rings is 2. The van der Waals surface area contributed by atoms with Crippen molar-refractivity contribution in [2.75, 3.05) is 10.6 Å². The number of nitrogens with one attached hydrogen (secondary N) is 4. The number of Topliss-reactive ketones (excluding diaryl/α,β-unsaturated/α-hetero) is 2. The molecular formula is C44H43F3N8O2. The van der Waals surface area contributed by atoms with Gasteiger partial charge in [-0.1, -0.05) is 52.0 Å². The summed E-state index contributed by atoms with van der Waals surface area (Å²) in [6, 6.07) is 18.5. The van der Waals surface area contributed by atoms with E-state index in [0.29, 0.717) is 76.4 Å². The molecule has 0 radical (unpaired) electrons. The van der Waals surface area contributed by atoms with Gasteiger partial charge in [0.1, 0.15) is 0 Å². The van der Waals surface area contributed by atoms with Crippen LogP contribution < -0.4 is 10.6 Å². The number of ketones is 2. The maximum Gasteiger partial charge on any atom is 0.249 e. The molecule has 57 heavy (non-hydrogen) atoms. The summed E-state index contributed by atoms with van der Waals surface area (Å²) in [6.45, 7) is 12.0. The van der Waals surface area contributed by atoms with Gasteiger partial charge in [-0.05, 0) is 72.9 Å². The van der Waals surface area contributed by atoms with Crippen LogP contribution in [0.3, 0.4) is 0 Å². The SMILES string of the molecule is CC1(C)CC(=O)C2=C(C1)Nc1n[nH]c(C3CC(F)(F)C3)c1C2(C)c1cccc(C#N)c1.CC1(C)CC(=O)C2=C(C1)Nc1n[nH]c(F)c1C2(C)c1cccc(C#N)c1. The van der Waals surface area contributed by atoms with Crippen LogP contribution in [0.1, 0.15) is 125 Å². The molecule has 5 aliphatic rings. The van der Waals surface area contributed by atoms with Crippen molar-refractivity contribution in [2.45, 2.75) is 103 Å². The van der Waals surface area contributed by atoms with Crippen LogP contribution >= 0.6 is 0 Å². The molecule has 0 bridgehead atoms. The van der Waals surface area contributed by atoms with Crippen molar-refractivity contribution < 1.29 is 22.8 Å². The maximum atomic E-state index is 14.7. The van der Waals surface area contributed by atoms with Crippen LogP contribution in [-0.4, -0.2) is 37.9 Å². The Morgan fingerprint density at radius 2 is 1.14 bits per heavy atom. The lowest BCUT2D eigenvalue weighted by Crippen LogP contribution is -2.43. The number of anilines is 2. The quantitative estimate of drug-likeness (QED) is 0.160. The molecule has 2 aromatic carbocycles. The van der Waals surface area contributed by atoms with Crippen LogP contribution in [0.5, 0.6) is 0 Å². The highest BCUT2D eigenvalue weighted by Crippen LogP contribution is 2.57. The lowest BCUT2D eigenvalue weighted by Gasteiger charge is -2.45. The predicted octanol–water partition coefficient (Wildman–Crippen LogP) is 8.96. The second-order valence-corrected chi connectivity index (χ2v) is 18.1. The number of nitriles is 2. The van der Waals surface area contributed by atoms with E-state index >= 15 is 0 Å². The molecule has 2 aliphatic heterocycles. The van der Waals surface area contributed by atoms with Crippen molar-refractivity contribution in [1.29, 1.82) is 10.5 Å². The van der Waals surface area contributed by atoms with Gasteiger partial charge in [0.05, 0.1) is 39.7 Å². The number of carbonyl (C=O) groups is 2. The molecule has 4 aromatic rings. The van der Waals surface area contributed by atoms with Crippen molar-refractivity contribution in [3.8, 4) is 12.1 Å². The molecule has 0 amide bonds. The fraction of sp³-hybridized carbons (Fsp3) is 0.409. The number of hydrogen-bond acceptors (Lipinski definition) is 8. The summed E-state index contributed by atoms with van der Waals surface area (Å²) in [5.74, 6) is -2.56. The third-order valence-corrected chi connectivity index (χ3v) is 12.4. The Bertz CT molecular complexity index is 2540. The van der Waals surface area contributed by atoms with E-state index in [-0.39, 0.29) is 41.2 Å². The first-order valence-corrected chi connectivity index (χ1v) is 19.1. The molecule has 2 unspecified atom stereocenters. The normalized spacial score (nSPS) is 25.2. The smallest absolute Gasteiger partial charge is 0.249 e. The van der Waals surface area contributed by atoms with Gasteiger partial charge in [-0.15, -0.1) is 0 Å². The summed E-state index contributed by atoms with van der Waals surface area (Å²) in [4.78, 5) is 26.6. The number of aromatic nitrogens is 4. The van der Waals surface area contributed by atoms with Crippen LogP contribution in [0, 0.1) is 39.4 Å². The van der Waals surface area contributed by atoms with E-state index in [1.807, 2.05) is 39.8 Å². The van der Waals surface area contributed by atoms with Gasteiger partial charge in [0.2, 0.25) is 11.9 Å². The number of hydrogen-bond donors (Lipinski definition) is 4. The van der Waals surface area contributed by atoms with Crippen molar-refractivity contribution in [3.05, 3.63) is 116 Å². The van der Waals surface area contributed by atoms with Gasteiger partial charge in [0, 0.05) is 65.4 Å². The van der Waals surface area contributed by atoms with Gasteiger partial charge in [0.15, 0.2) is 23.2 Å². The Morgan fingerprint density at radius 3 is 1.61 bits per heavy atom. The number of H-pyrrole nitrogens is 2. The average Bonchev–Trinajstić information content (AvgIpc) is 3.73. The van der Waals surface area contributed by atoms with Gasteiger partial charge in [-0.25, -0.2) is 8.78 Å². The minimum absolute atomic E-state index is 0.000129. The molecule has 2 aromatic heterocycles. The molecule has 4 N–H and O–H groups in total. The molecule has 9 rings (SSSR count). The van der Waals surface area contributed by atoms with Crippen molar-refractivity contribution in [3.63, 3.8) is 0 Å². The molecule has 10 nitrogen and oxygen atoms in total. The number of nitrogens with zero attached hydrogens (tertiary/aromatic N) is 4. The Kier molecular flexibility index (Phi) is 8.51. The summed E-state index contributed by atoms with van der Waals surface area (Å²) < 4.78 is 42.1. The Balaban J connectivity index is 0.000000162. The molecule has 3 aliphatic carbocycles. The molecular weight excluding hydrogens is 730 g/mol. The zero-order valence-electron chi connectivity index (χ0n) is 32.7. The maximum absolute atomic E-state index is 14.7. The van der Waals surface area contributed by atoms with Crippen LogP contribution in [0.15, 0.2) is 71.1 Å². The fourth-order valence-electron chi connectivity index (χ4n) is 9.91. The Hall–Kier alpha value is -5.95. The van der Waals surface area contributed by atoms with Gasteiger partial charge in [-0.3, -0.25) is 19.8 Å². The average molecular weight is 773 g/mol. The summed E-state index contributed by atoms with van der Waals surface area (Å²) in [5.41, 5.74) is 4.77. The summed E-state index contributed by atoms with van der Waals surface area (Å²) in [5, 5.41) is 39.2. The minimum Gasteiger partial charge on any atom is -0.342 e. The number of allylic oxidation sites excluding steroid dienone is 4. The van der Waals surface area contributed by atoms with Gasteiger partial charge >= 0.3 is 0 Å². The second kappa shape index (κ2) is 12.8. The molecule has 13 heteroatoms. The van der Waals surface area contributed by atoms with Crippen molar-refractivity contribution >= 4 is 23.2 Å². The summed E-state index contributed by atoms with van der Waals surface area (Å²) in [7, 11) is 0. The molecule has 1 saturated carbocycles. The zero-order chi connectivity index (χ0) is 40.9. The first kappa shape index (κ1) is 37.9. The van der Waals surface area contributed by atoms with Crippen LogP contribution in [0.25, 0.3) is 0 Å². The van der Waals surface area contributed by atoms with Crippen LogP contribution in [0.4, 0.5) is 24.8 Å². The predicted molar refractivity (Wildman–Crippen MR) is 207 cm³/mol. The second-order valence-electron chi connectivity index (χ2n) is 18.1. The van der Waals surface area contributed by atoms with E-state index < -0.39 is 22.7 Å². The lowest BCUT2D eigenvalue weighted by molar-refractivity contribution is -0.119. The molecule has 0 spiro atoms. The largest absolute Gasteiger partial charge is 0.342 e. The standard InChI is InChI=1S/C24H24F2N4O.C20H19FN4O/c1-22(2)10-16-18(17(31)11-22)23(3,15-6-4-5-13(7-15)12-27)19-20(29-30-21(19)28-16)14-8-24(25,26)9-14;1-19(2)8-13-15(14(26)9-19)20(3,12-6-4-5-11(7-12)10-22)16-17(21)24-25-18(16)23-13/h4-7,14H,8-11H2,1-3H3,(H2,28,29,30);4-7H,8-9H2,1-3H3,(H2,23,24,25). The first-order valence-electron chi connectivity index (χ1n) is 19.1. The third-order valence-electron chi connectivity index (χ3n) is 12.4. The number of rotatable bonds is 3. The number of halogens is 3. The molecule has 2 atom stereocenters. The topological polar surface area (TPSA) is 163 Å². The van der Waals surface area contributed by atoms with E-state index in [1.54, 1.807) is 36.4 Å². The number of carbonyl (C=O) groups excluding carboxylic acids is 2. The third kappa shape index (κ3) is 6.06. The first-order chi connectivity index (χ1) is 26.8. The Morgan fingerprint density at radius 1 is 0.684 bits per heavy atom. The van der Waals surface area contributed by atoms with Gasteiger partial charge in [0.25, 0.3) is 0 Å².